The van der Waals surface area contributed by atoms with Crippen LogP contribution in [0.25, 0.3) is 0 Å². The lowest BCUT2D eigenvalue weighted by Gasteiger charge is -2.00. The monoisotopic (exact) mass is 306 g/mol. The van der Waals surface area contributed by atoms with E-state index in [4.69, 9.17) is 16.7 Å². The zero-order chi connectivity index (χ0) is 13.1. The predicted octanol–water partition coefficient (Wildman–Crippen LogP) is 1.73. The summed E-state index contributed by atoms with van der Waals surface area (Å²) in [6.07, 6.45) is 0.841. The maximum Gasteiger partial charge on any atom is 0.343 e. The molecular weight excluding hydrogens is 296 g/mol. The second-order valence-corrected chi connectivity index (χ2v) is 6.07. The zero-order valence-electron chi connectivity index (χ0n) is 9.51. The van der Waals surface area contributed by atoms with Crippen LogP contribution in [0.15, 0.2) is 14.3 Å². The summed E-state index contributed by atoms with van der Waals surface area (Å²) in [5, 5.41) is 16.2. The minimum Gasteiger partial charge on any atom is -0.391 e. The van der Waals surface area contributed by atoms with E-state index in [0.29, 0.717) is 26.1 Å². The van der Waals surface area contributed by atoms with E-state index >= 15 is 0 Å². The summed E-state index contributed by atoms with van der Waals surface area (Å²) >= 11 is 8.40. The standard InChI is InChI=1S/C9H11ClN4O2S2/c1-2-3-14-7(16)12-13-8(14)18-9-11-6(10)5(4-15)17-9/h15H,2-4H2,1H3,(H,12,16). The lowest BCUT2D eigenvalue weighted by atomic mass is 10.5. The number of halogens is 1. The highest BCUT2D eigenvalue weighted by Gasteiger charge is 2.14. The summed E-state index contributed by atoms with van der Waals surface area (Å²) in [4.78, 5) is 16.2. The molecular formula is C9H11ClN4O2S2. The fraction of sp³-hybridized carbons (Fsp3) is 0.444. The Balaban J connectivity index is 2.25. The third-order valence-electron chi connectivity index (χ3n) is 2.12. The summed E-state index contributed by atoms with van der Waals surface area (Å²) in [5.74, 6) is 0. The Labute approximate surface area is 116 Å². The number of thiazole rings is 1. The van der Waals surface area contributed by atoms with Crippen molar-refractivity contribution in [3.8, 4) is 0 Å². The van der Waals surface area contributed by atoms with Crippen LogP contribution in [-0.4, -0.2) is 24.9 Å². The first-order valence-electron chi connectivity index (χ1n) is 5.24. The Bertz CT molecular complexity index is 592. The van der Waals surface area contributed by atoms with Crippen molar-refractivity contribution in [2.45, 2.75) is 36.0 Å². The van der Waals surface area contributed by atoms with Gasteiger partial charge in [0.1, 0.15) is 5.15 Å². The highest BCUT2D eigenvalue weighted by molar-refractivity contribution is 8.00. The van der Waals surface area contributed by atoms with E-state index in [2.05, 4.69) is 15.2 Å². The van der Waals surface area contributed by atoms with Gasteiger partial charge in [0.05, 0.1) is 11.5 Å². The molecule has 0 unspecified atom stereocenters. The van der Waals surface area contributed by atoms with Gasteiger partial charge in [0.2, 0.25) is 0 Å². The fourth-order valence-corrected chi connectivity index (χ4v) is 3.60. The summed E-state index contributed by atoms with van der Waals surface area (Å²) in [6, 6.07) is 0. The minimum absolute atomic E-state index is 0.139. The second-order valence-electron chi connectivity index (χ2n) is 3.42. The molecule has 6 nitrogen and oxygen atoms in total. The molecule has 0 amide bonds. The van der Waals surface area contributed by atoms with Gasteiger partial charge < -0.3 is 5.11 Å². The molecule has 0 saturated heterocycles. The number of hydrogen-bond donors (Lipinski definition) is 2. The van der Waals surface area contributed by atoms with E-state index in [-0.39, 0.29) is 12.3 Å². The number of hydrogen-bond acceptors (Lipinski definition) is 6. The van der Waals surface area contributed by atoms with Crippen molar-refractivity contribution in [3.05, 3.63) is 20.5 Å². The van der Waals surface area contributed by atoms with E-state index in [9.17, 15) is 4.79 Å². The maximum atomic E-state index is 11.5. The van der Waals surface area contributed by atoms with Crippen LogP contribution in [0, 0.1) is 0 Å². The molecule has 0 aliphatic carbocycles. The first-order chi connectivity index (χ1) is 8.65. The van der Waals surface area contributed by atoms with Crippen LogP contribution >= 0.6 is 34.7 Å². The van der Waals surface area contributed by atoms with Crippen LogP contribution in [0.1, 0.15) is 18.2 Å². The first kappa shape index (κ1) is 13.6. The summed E-state index contributed by atoms with van der Waals surface area (Å²) < 4.78 is 2.21. The van der Waals surface area contributed by atoms with Gasteiger partial charge in [-0.25, -0.2) is 14.9 Å². The van der Waals surface area contributed by atoms with Crippen LogP contribution in [0.2, 0.25) is 5.15 Å². The second kappa shape index (κ2) is 5.87. The van der Waals surface area contributed by atoms with Gasteiger partial charge in [-0.05, 0) is 18.2 Å². The number of H-pyrrole nitrogens is 1. The van der Waals surface area contributed by atoms with Gasteiger partial charge in [-0.1, -0.05) is 18.5 Å². The van der Waals surface area contributed by atoms with Crippen molar-refractivity contribution < 1.29 is 5.11 Å². The highest BCUT2D eigenvalue weighted by atomic mass is 35.5. The number of aliphatic hydroxyl groups excluding tert-OH is 1. The molecule has 9 heteroatoms. The number of rotatable bonds is 5. The van der Waals surface area contributed by atoms with Crippen molar-refractivity contribution in [2.24, 2.45) is 0 Å². The van der Waals surface area contributed by atoms with Crippen LogP contribution in [-0.2, 0) is 13.2 Å². The molecule has 0 aliphatic heterocycles. The molecule has 0 aromatic carbocycles. The summed E-state index contributed by atoms with van der Waals surface area (Å²) in [6.45, 7) is 2.45. The molecule has 0 bridgehead atoms. The van der Waals surface area contributed by atoms with E-state index in [0.717, 1.165) is 6.42 Å². The van der Waals surface area contributed by atoms with E-state index in [1.54, 1.807) is 4.57 Å². The third-order valence-corrected chi connectivity index (χ3v) is 4.64. The molecule has 2 aromatic rings. The van der Waals surface area contributed by atoms with Gasteiger partial charge in [0.15, 0.2) is 9.50 Å². The van der Waals surface area contributed by atoms with Crippen LogP contribution < -0.4 is 5.69 Å². The number of nitrogens with one attached hydrogen (secondary N) is 1. The third kappa shape index (κ3) is 2.77. The van der Waals surface area contributed by atoms with Crippen molar-refractivity contribution in [2.75, 3.05) is 0 Å². The Morgan fingerprint density at radius 1 is 1.61 bits per heavy atom. The molecule has 0 saturated carbocycles. The smallest absolute Gasteiger partial charge is 0.343 e. The lowest BCUT2D eigenvalue weighted by molar-refractivity contribution is 0.285. The summed E-state index contributed by atoms with van der Waals surface area (Å²) in [7, 11) is 0. The van der Waals surface area contributed by atoms with Crippen LogP contribution in [0.4, 0.5) is 0 Å². The average Bonchev–Trinajstić information content (AvgIpc) is 2.86. The number of aromatic nitrogens is 4. The van der Waals surface area contributed by atoms with Gasteiger partial charge in [0.25, 0.3) is 0 Å². The van der Waals surface area contributed by atoms with Gasteiger partial charge in [-0.2, -0.15) is 0 Å². The number of aromatic amines is 1. The van der Waals surface area contributed by atoms with E-state index in [1.165, 1.54) is 23.1 Å². The SMILES string of the molecule is CCCn1c(Sc2nc(Cl)c(CO)s2)n[nH]c1=O. The van der Waals surface area contributed by atoms with Crippen molar-refractivity contribution in [1.29, 1.82) is 0 Å². The lowest BCUT2D eigenvalue weighted by Crippen LogP contribution is -2.17. The molecule has 0 atom stereocenters. The summed E-state index contributed by atoms with van der Waals surface area (Å²) in [5.41, 5.74) is -0.232. The predicted molar refractivity (Wildman–Crippen MR) is 70.3 cm³/mol. The van der Waals surface area contributed by atoms with Crippen molar-refractivity contribution >= 4 is 34.7 Å². The van der Waals surface area contributed by atoms with Crippen LogP contribution in [0.5, 0.6) is 0 Å². The Morgan fingerprint density at radius 2 is 2.39 bits per heavy atom. The van der Waals surface area contributed by atoms with Crippen molar-refractivity contribution in [3.63, 3.8) is 0 Å². The molecule has 2 N–H and O–H groups in total. The molecule has 0 spiro atoms. The van der Waals surface area contributed by atoms with Gasteiger partial charge in [-0.3, -0.25) is 4.57 Å². The molecule has 0 aliphatic rings. The van der Waals surface area contributed by atoms with Crippen molar-refractivity contribution in [1.82, 2.24) is 19.7 Å². The topological polar surface area (TPSA) is 83.8 Å². The first-order valence-corrected chi connectivity index (χ1v) is 7.26. The molecule has 2 heterocycles. The fourth-order valence-electron chi connectivity index (χ4n) is 1.33. The molecule has 18 heavy (non-hydrogen) atoms. The van der Waals surface area contributed by atoms with Gasteiger partial charge in [0, 0.05) is 6.54 Å². The molecule has 0 radical (unpaired) electrons. The molecule has 2 aromatic heterocycles. The zero-order valence-corrected chi connectivity index (χ0v) is 11.9. The number of nitrogens with zero attached hydrogens (tertiary/aromatic N) is 3. The maximum absolute atomic E-state index is 11.5. The van der Waals surface area contributed by atoms with Gasteiger partial charge >= 0.3 is 5.69 Å². The molecule has 2 rings (SSSR count). The van der Waals surface area contributed by atoms with Gasteiger partial charge in [-0.15, -0.1) is 16.4 Å². The van der Waals surface area contributed by atoms with E-state index in [1.807, 2.05) is 6.92 Å². The Hall–Kier alpha value is -0.830. The minimum atomic E-state index is -0.232. The molecule has 0 fully saturated rings. The van der Waals surface area contributed by atoms with Crippen LogP contribution in [0.3, 0.4) is 0 Å². The highest BCUT2D eigenvalue weighted by Crippen LogP contribution is 2.33. The normalized spacial score (nSPS) is 11.1. The average molecular weight is 307 g/mol. The Kier molecular flexibility index (Phi) is 4.44. The van der Waals surface area contributed by atoms with E-state index < -0.39 is 0 Å². The largest absolute Gasteiger partial charge is 0.391 e. The Morgan fingerprint density at radius 3 is 3.00 bits per heavy atom. The quantitative estimate of drug-likeness (QED) is 0.879. The molecule has 98 valence electrons. The number of aliphatic hydroxyl groups is 1.